The molecule has 162 valence electrons. The lowest BCUT2D eigenvalue weighted by molar-refractivity contribution is -0.545. The molecule has 0 radical (unpaired) electrons. The Morgan fingerprint density at radius 1 is 0.833 bits per heavy atom. The first-order valence-electron chi connectivity index (χ1n) is 11.2. The zero-order chi connectivity index (χ0) is 21.3. The highest BCUT2D eigenvalue weighted by atomic mass is 16.5. The summed E-state index contributed by atoms with van der Waals surface area (Å²) in [5, 5.41) is 0. The van der Waals surface area contributed by atoms with Crippen molar-refractivity contribution < 1.29 is 18.8 Å². The number of rotatable bonds is 11. The highest BCUT2D eigenvalue weighted by molar-refractivity contribution is 5.99. The minimum Gasteiger partial charge on any atom is -0.497 e. The van der Waals surface area contributed by atoms with Gasteiger partial charge in [-0.3, -0.25) is 0 Å². The molecule has 0 fully saturated rings. The summed E-state index contributed by atoms with van der Waals surface area (Å²) < 4.78 is 19.0. The van der Waals surface area contributed by atoms with E-state index < -0.39 is 0 Å². The van der Waals surface area contributed by atoms with Crippen molar-refractivity contribution in [1.82, 2.24) is 0 Å². The van der Waals surface area contributed by atoms with Gasteiger partial charge in [0.1, 0.15) is 12.3 Å². The van der Waals surface area contributed by atoms with Crippen molar-refractivity contribution in [2.45, 2.75) is 58.4 Å². The summed E-state index contributed by atoms with van der Waals surface area (Å²) in [5.41, 5.74) is 5.43. The quantitative estimate of drug-likeness (QED) is 0.355. The maximum atomic E-state index is 5.62. The first-order valence-corrected chi connectivity index (χ1v) is 11.2. The van der Waals surface area contributed by atoms with Gasteiger partial charge < -0.3 is 14.2 Å². The van der Waals surface area contributed by atoms with Gasteiger partial charge in [0.05, 0.1) is 21.3 Å². The third-order valence-corrected chi connectivity index (χ3v) is 6.00. The zero-order valence-corrected chi connectivity index (χ0v) is 19.0. The summed E-state index contributed by atoms with van der Waals surface area (Å²) in [7, 11) is 5.14. The van der Waals surface area contributed by atoms with Crippen LogP contribution >= 0.6 is 0 Å². The Balaban J connectivity index is 1.91. The molecule has 0 saturated heterocycles. The van der Waals surface area contributed by atoms with Gasteiger partial charge in [-0.1, -0.05) is 32.6 Å². The molecule has 0 aliphatic carbocycles. The molecule has 4 nitrogen and oxygen atoms in total. The van der Waals surface area contributed by atoms with Crippen molar-refractivity contribution in [3.8, 4) is 17.2 Å². The molecule has 30 heavy (non-hydrogen) atoms. The van der Waals surface area contributed by atoms with E-state index in [-0.39, 0.29) is 0 Å². The van der Waals surface area contributed by atoms with Gasteiger partial charge in [0.15, 0.2) is 23.8 Å². The molecule has 2 aromatic rings. The van der Waals surface area contributed by atoms with E-state index >= 15 is 0 Å². The van der Waals surface area contributed by atoms with Gasteiger partial charge in [0.2, 0.25) is 0 Å². The van der Waals surface area contributed by atoms with E-state index in [2.05, 4.69) is 35.8 Å². The lowest BCUT2D eigenvalue weighted by Crippen LogP contribution is -2.30. The fraction of sp³-hybridized carbons (Fsp3) is 0.500. The van der Waals surface area contributed by atoms with Crippen LogP contribution in [0.1, 0.15) is 62.1 Å². The molecule has 3 rings (SSSR count). The van der Waals surface area contributed by atoms with Crippen LogP contribution in [0.5, 0.6) is 17.2 Å². The van der Waals surface area contributed by atoms with E-state index in [0.717, 1.165) is 43.2 Å². The molecule has 0 saturated carbocycles. The molecule has 0 unspecified atom stereocenters. The standard InChI is InChI=1S/C26H36NO3/c1-5-6-7-8-9-10-24-23-18-26(30-4)25(29-3)17-21(23)15-16-27(24)19-20-11-13-22(28-2)14-12-20/h11-14,17-18H,5-10,15-16,19H2,1-4H3/q+1. The molecular weight excluding hydrogens is 374 g/mol. The number of ether oxygens (including phenoxy) is 3. The first-order chi connectivity index (χ1) is 14.7. The van der Waals surface area contributed by atoms with Crippen molar-refractivity contribution in [3.63, 3.8) is 0 Å². The molecule has 4 heteroatoms. The lowest BCUT2D eigenvalue weighted by Gasteiger charge is -2.21. The largest absolute Gasteiger partial charge is 0.497 e. The van der Waals surface area contributed by atoms with E-state index in [1.54, 1.807) is 21.3 Å². The summed E-state index contributed by atoms with van der Waals surface area (Å²) in [4.78, 5) is 0. The number of methoxy groups -OCH3 is 3. The average molecular weight is 411 g/mol. The molecule has 1 heterocycles. The van der Waals surface area contributed by atoms with Crippen LogP contribution in [-0.2, 0) is 13.0 Å². The fourth-order valence-corrected chi connectivity index (χ4v) is 4.27. The summed E-state index contributed by atoms with van der Waals surface area (Å²) >= 11 is 0. The summed E-state index contributed by atoms with van der Waals surface area (Å²) in [6.07, 6.45) is 8.56. The molecule has 1 aliphatic heterocycles. The van der Waals surface area contributed by atoms with Gasteiger partial charge in [-0.25, -0.2) is 4.58 Å². The van der Waals surface area contributed by atoms with Crippen LogP contribution in [0.25, 0.3) is 0 Å². The smallest absolute Gasteiger partial charge is 0.184 e. The van der Waals surface area contributed by atoms with Crippen LogP contribution in [0.2, 0.25) is 0 Å². The third kappa shape index (κ3) is 5.35. The average Bonchev–Trinajstić information content (AvgIpc) is 2.79. The zero-order valence-electron chi connectivity index (χ0n) is 19.0. The lowest BCUT2D eigenvalue weighted by atomic mass is 9.92. The third-order valence-electron chi connectivity index (χ3n) is 6.00. The van der Waals surface area contributed by atoms with Crippen LogP contribution in [0.4, 0.5) is 0 Å². The molecule has 0 aromatic heterocycles. The van der Waals surface area contributed by atoms with Gasteiger partial charge in [0, 0.05) is 24.0 Å². The second-order valence-electron chi connectivity index (χ2n) is 7.99. The number of unbranched alkanes of at least 4 members (excludes halogenated alkanes) is 4. The van der Waals surface area contributed by atoms with Gasteiger partial charge in [-0.2, -0.15) is 0 Å². The van der Waals surface area contributed by atoms with E-state index in [1.807, 2.05) is 12.1 Å². The van der Waals surface area contributed by atoms with Crippen molar-refractivity contribution >= 4 is 5.71 Å². The maximum Gasteiger partial charge on any atom is 0.184 e. The van der Waals surface area contributed by atoms with Crippen LogP contribution in [0.15, 0.2) is 36.4 Å². The van der Waals surface area contributed by atoms with Crippen LogP contribution in [0, 0.1) is 0 Å². The number of fused-ring (bicyclic) bond motifs is 1. The predicted molar refractivity (Wildman–Crippen MR) is 123 cm³/mol. The van der Waals surface area contributed by atoms with Crippen LogP contribution in [0.3, 0.4) is 0 Å². The van der Waals surface area contributed by atoms with Gasteiger partial charge >= 0.3 is 0 Å². The molecule has 1 aliphatic rings. The Hall–Kier alpha value is -2.49. The maximum absolute atomic E-state index is 5.62. The summed E-state index contributed by atoms with van der Waals surface area (Å²) in [6.45, 7) is 4.21. The Morgan fingerprint density at radius 3 is 2.20 bits per heavy atom. The molecule has 0 amide bonds. The van der Waals surface area contributed by atoms with Crippen LogP contribution < -0.4 is 14.2 Å². The molecule has 2 aromatic carbocycles. The second kappa shape index (κ2) is 11.1. The molecule has 0 bridgehead atoms. The van der Waals surface area contributed by atoms with Crippen molar-refractivity contribution in [1.29, 1.82) is 0 Å². The SMILES string of the molecule is CCCCCCCC1=[N+](Cc2ccc(OC)cc2)CCc2cc(OC)c(OC)cc21. The molecule has 0 spiro atoms. The highest BCUT2D eigenvalue weighted by Gasteiger charge is 2.27. The van der Waals surface area contributed by atoms with Gasteiger partial charge in [0.25, 0.3) is 0 Å². The Bertz CT molecular complexity index is 855. The van der Waals surface area contributed by atoms with Crippen molar-refractivity contribution in [2.24, 2.45) is 0 Å². The predicted octanol–water partition coefficient (Wildman–Crippen LogP) is 5.63. The topological polar surface area (TPSA) is 30.7 Å². The molecule has 0 N–H and O–H groups in total. The minimum absolute atomic E-state index is 0.811. The van der Waals surface area contributed by atoms with E-state index in [1.165, 1.54) is 54.5 Å². The van der Waals surface area contributed by atoms with Gasteiger partial charge in [-0.05, 0) is 48.4 Å². The highest BCUT2D eigenvalue weighted by Crippen LogP contribution is 2.33. The Labute approximate surface area is 181 Å². The molecular formula is C26H36NO3+. The van der Waals surface area contributed by atoms with Crippen molar-refractivity contribution in [2.75, 3.05) is 27.9 Å². The van der Waals surface area contributed by atoms with E-state index in [9.17, 15) is 0 Å². The number of nitrogens with zero attached hydrogens (tertiary/aromatic N) is 1. The van der Waals surface area contributed by atoms with Crippen LogP contribution in [-0.4, -0.2) is 38.2 Å². The minimum atomic E-state index is 0.811. The number of benzene rings is 2. The summed E-state index contributed by atoms with van der Waals surface area (Å²) in [6, 6.07) is 12.8. The van der Waals surface area contributed by atoms with E-state index in [0.29, 0.717) is 0 Å². The van der Waals surface area contributed by atoms with Crippen molar-refractivity contribution in [3.05, 3.63) is 53.1 Å². The first kappa shape index (κ1) is 22.2. The summed E-state index contributed by atoms with van der Waals surface area (Å²) in [5.74, 6) is 2.54. The fourth-order valence-electron chi connectivity index (χ4n) is 4.27. The number of hydrogen-bond donors (Lipinski definition) is 0. The second-order valence-corrected chi connectivity index (χ2v) is 7.99. The van der Waals surface area contributed by atoms with Gasteiger partial charge in [-0.15, -0.1) is 0 Å². The number of hydrogen-bond acceptors (Lipinski definition) is 3. The van der Waals surface area contributed by atoms with E-state index in [4.69, 9.17) is 14.2 Å². The molecule has 0 atom stereocenters. The monoisotopic (exact) mass is 410 g/mol. The Morgan fingerprint density at radius 2 is 1.53 bits per heavy atom. The Kier molecular flexibility index (Phi) is 8.18. The normalized spacial score (nSPS) is 13.2.